The zero-order valence-electron chi connectivity index (χ0n) is 11.5. The fraction of sp³-hybridized carbons (Fsp3) is 0.533. The van der Waals surface area contributed by atoms with Crippen LogP contribution in [0.2, 0.25) is 0 Å². The molecule has 1 amide bonds. The monoisotopic (exact) mass is 249 g/mol. The Hall–Kier alpha value is -1.35. The van der Waals surface area contributed by atoms with Crippen LogP contribution in [0, 0.1) is 6.92 Å². The maximum absolute atomic E-state index is 11.5. The van der Waals surface area contributed by atoms with Crippen LogP contribution in [0.25, 0.3) is 0 Å². The van der Waals surface area contributed by atoms with Crippen LogP contribution in [-0.4, -0.2) is 25.7 Å². The number of methoxy groups -OCH3 is 1. The first-order valence-corrected chi connectivity index (χ1v) is 6.45. The Balaban J connectivity index is 2.26. The molecule has 100 valence electrons. The van der Waals surface area contributed by atoms with E-state index in [0.29, 0.717) is 13.0 Å². The van der Waals surface area contributed by atoms with Gasteiger partial charge in [-0.2, -0.15) is 0 Å². The van der Waals surface area contributed by atoms with Crippen molar-refractivity contribution >= 4 is 5.91 Å². The summed E-state index contributed by atoms with van der Waals surface area (Å²) in [6.07, 6.45) is 2.39. The molecular weight excluding hydrogens is 226 g/mol. The van der Waals surface area contributed by atoms with Crippen LogP contribution >= 0.6 is 0 Å². The summed E-state index contributed by atoms with van der Waals surface area (Å²) in [5, 5.41) is 2.98. The van der Waals surface area contributed by atoms with E-state index in [-0.39, 0.29) is 11.9 Å². The van der Waals surface area contributed by atoms with E-state index < -0.39 is 0 Å². The van der Waals surface area contributed by atoms with E-state index in [1.807, 2.05) is 6.92 Å². The first kappa shape index (κ1) is 14.7. The number of rotatable bonds is 7. The van der Waals surface area contributed by atoms with Crippen molar-refractivity contribution in [3.05, 3.63) is 35.4 Å². The molecular formula is C15H23NO2. The fourth-order valence-corrected chi connectivity index (χ4v) is 1.75. The second-order valence-electron chi connectivity index (χ2n) is 4.74. The summed E-state index contributed by atoms with van der Waals surface area (Å²) in [6, 6.07) is 8.74. The van der Waals surface area contributed by atoms with Crippen molar-refractivity contribution in [2.75, 3.05) is 13.7 Å². The second kappa shape index (κ2) is 7.88. The van der Waals surface area contributed by atoms with Crippen LogP contribution in [-0.2, 0) is 16.0 Å². The van der Waals surface area contributed by atoms with Gasteiger partial charge in [-0.3, -0.25) is 4.79 Å². The van der Waals surface area contributed by atoms with Gasteiger partial charge < -0.3 is 10.1 Å². The average Bonchev–Trinajstić information content (AvgIpc) is 2.35. The average molecular weight is 249 g/mol. The Labute approximate surface area is 110 Å². The molecule has 3 nitrogen and oxygen atoms in total. The Bertz CT molecular complexity index is 359. The minimum Gasteiger partial charge on any atom is -0.384 e. The largest absolute Gasteiger partial charge is 0.384 e. The van der Waals surface area contributed by atoms with Crippen LogP contribution in [0.3, 0.4) is 0 Å². The Morgan fingerprint density at radius 3 is 2.61 bits per heavy atom. The number of ether oxygens (including phenoxy) is 1. The summed E-state index contributed by atoms with van der Waals surface area (Å²) in [5.41, 5.74) is 2.60. The maximum atomic E-state index is 11.5. The molecule has 0 aliphatic rings. The van der Waals surface area contributed by atoms with Crippen molar-refractivity contribution in [3.8, 4) is 0 Å². The molecule has 1 N–H and O–H groups in total. The van der Waals surface area contributed by atoms with Crippen molar-refractivity contribution in [1.82, 2.24) is 5.32 Å². The molecule has 0 radical (unpaired) electrons. The van der Waals surface area contributed by atoms with Crippen molar-refractivity contribution < 1.29 is 9.53 Å². The minimum atomic E-state index is 0.0632. The molecule has 0 aromatic heterocycles. The molecule has 1 rings (SSSR count). The molecule has 0 unspecified atom stereocenters. The van der Waals surface area contributed by atoms with Gasteiger partial charge in [-0.15, -0.1) is 0 Å². The molecule has 0 heterocycles. The Morgan fingerprint density at radius 2 is 2.00 bits per heavy atom. The van der Waals surface area contributed by atoms with Crippen molar-refractivity contribution in [2.45, 2.75) is 39.2 Å². The Morgan fingerprint density at radius 1 is 1.33 bits per heavy atom. The van der Waals surface area contributed by atoms with Gasteiger partial charge in [-0.25, -0.2) is 0 Å². The maximum Gasteiger partial charge on any atom is 0.222 e. The molecule has 1 atom stereocenters. The van der Waals surface area contributed by atoms with Gasteiger partial charge in [0.1, 0.15) is 0 Å². The summed E-state index contributed by atoms with van der Waals surface area (Å²) in [6.45, 7) is 4.61. The minimum absolute atomic E-state index is 0.0632. The van der Waals surface area contributed by atoms with Crippen molar-refractivity contribution in [3.63, 3.8) is 0 Å². The second-order valence-corrected chi connectivity index (χ2v) is 4.74. The highest BCUT2D eigenvalue weighted by Gasteiger charge is 2.07. The van der Waals surface area contributed by atoms with E-state index in [2.05, 4.69) is 36.5 Å². The fourth-order valence-electron chi connectivity index (χ4n) is 1.75. The zero-order valence-corrected chi connectivity index (χ0v) is 11.5. The van der Waals surface area contributed by atoms with Gasteiger partial charge in [0.05, 0.1) is 6.61 Å². The number of nitrogens with one attached hydrogen (secondary N) is 1. The lowest BCUT2D eigenvalue weighted by Crippen LogP contribution is -2.33. The standard InChI is InChI=1S/C15H23NO2/c1-12-4-7-14(8-5-12)9-6-13(2)16-15(17)10-11-18-3/h4-5,7-8,13H,6,9-11H2,1-3H3,(H,16,17)/t13-/m1/s1. The van der Waals surface area contributed by atoms with E-state index in [4.69, 9.17) is 4.74 Å². The van der Waals surface area contributed by atoms with Gasteiger partial charge in [0.25, 0.3) is 0 Å². The van der Waals surface area contributed by atoms with Crippen molar-refractivity contribution in [1.29, 1.82) is 0 Å². The number of aryl methyl sites for hydroxylation is 2. The highest BCUT2D eigenvalue weighted by atomic mass is 16.5. The number of carbonyl (C=O) groups is 1. The summed E-state index contributed by atoms with van der Waals surface area (Å²) in [7, 11) is 1.61. The highest BCUT2D eigenvalue weighted by Crippen LogP contribution is 2.07. The van der Waals surface area contributed by atoms with Gasteiger partial charge >= 0.3 is 0 Å². The van der Waals surface area contributed by atoms with Gasteiger partial charge in [-0.05, 0) is 32.3 Å². The predicted molar refractivity (Wildman–Crippen MR) is 73.6 cm³/mol. The zero-order chi connectivity index (χ0) is 13.4. The lowest BCUT2D eigenvalue weighted by Gasteiger charge is -2.13. The van der Waals surface area contributed by atoms with Crippen LogP contribution in [0.1, 0.15) is 30.9 Å². The molecule has 0 spiro atoms. The van der Waals surface area contributed by atoms with Crippen molar-refractivity contribution in [2.24, 2.45) is 0 Å². The summed E-state index contributed by atoms with van der Waals surface area (Å²) >= 11 is 0. The first-order valence-electron chi connectivity index (χ1n) is 6.45. The number of benzene rings is 1. The molecule has 0 fully saturated rings. The number of carbonyl (C=O) groups excluding carboxylic acids is 1. The topological polar surface area (TPSA) is 38.3 Å². The number of hydrogen-bond donors (Lipinski definition) is 1. The molecule has 0 saturated carbocycles. The van der Waals surface area contributed by atoms with E-state index in [0.717, 1.165) is 12.8 Å². The third-order valence-electron chi connectivity index (χ3n) is 2.93. The van der Waals surface area contributed by atoms with Gasteiger partial charge in [0, 0.05) is 19.6 Å². The molecule has 1 aromatic rings. The van der Waals surface area contributed by atoms with E-state index >= 15 is 0 Å². The molecule has 0 aliphatic heterocycles. The van der Waals surface area contributed by atoms with Gasteiger partial charge in [0.2, 0.25) is 5.91 Å². The smallest absolute Gasteiger partial charge is 0.222 e. The molecule has 0 aliphatic carbocycles. The summed E-state index contributed by atoms with van der Waals surface area (Å²) in [5.74, 6) is 0.0632. The molecule has 0 saturated heterocycles. The first-order chi connectivity index (χ1) is 8.61. The molecule has 1 aromatic carbocycles. The van der Waals surface area contributed by atoms with Gasteiger partial charge in [-0.1, -0.05) is 29.8 Å². The predicted octanol–water partition coefficient (Wildman–Crippen LogP) is 2.47. The lowest BCUT2D eigenvalue weighted by molar-refractivity contribution is -0.122. The van der Waals surface area contributed by atoms with Crippen LogP contribution in [0.15, 0.2) is 24.3 Å². The van der Waals surface area contributed by atoms with Crippen LogP contribution in [0.4, 0.5) is 0 Å². The van der Waals surface area contributed by atoms with E-state index in [1.54, 1.807) is 7.11 Å². The number of amides is 1. The lowest BCUT2D eigenvalue weighted by atomic mass is 10.0. The highest BCUT2D eigenvalue weighted by molar-refractivity contribution is 5.76. The van der Waals surface area contributed by atoms with Gasteiger partial charge in [0.15, 0.2) is 0 Å². The SMILES string of the molecule is COCCC(=O)N[C@H](C)CCc1ccc(C)cc1. The van der Waals surface area contributed by atoms with E-state index in [9.17, 15) is 4.79 Å². The normalized spacial score (nSPS) is 12.2. The molecule has 18 heavy (non-hydrogen) atoms. The number of hydrogen-bond acceptors (Lipinski definition) is 2. The quantitative estimate of drug-likeness (QED) is 0.806. The van der Waals surface area contributed by atoms with E-state index in [1.165, 1.54) is 11.1 Å². The Kier molecular flexibility index (Phi) is 6.44. The molecule has 0 bridgehead atoms. The van der Waals surface area contributed by atoms with Crippen LogP contribution < -0.4 is 5.32 Å². The third kappa shape index (κ3) is 5.82. The summed E-state index contributed by atoms with van der Waals surface area (Å²) < 4.78 is 4.87. The summed E-state index contributed by atoms with van der Waals surface area (Å²) in [4.78, 5) is 11.5. The molecule has 3 heteroatoms. The van der Waals surface area contributed by atoms with Crippen LogP contribution in [0.5, 0.6) is 0 Å². The third-order valence-corrected chi connectivity index (χ3v) is 2.93.